The second kappa shape index (κ2) is 12.0. The molecule has 0 saturated heterocycles. The molecule has 4 rings (SSSR count). The van der Waals surface area contributed by atoms with Crippen LogP contribution in [0.2, 0.25) is 0 Å². The Labute approximate surface area is 200 Å². The van der Waals surface area contributed by atoms with Gasteiger partial charge >= 0.3 is 0 Å². The van der Waals surface area contributed by atoms with Gasteiger partial charge in [-0.1, -0.05) is 48.5 Å². The van der Waals surface area contributed by atoms with Crippen LogP contribution in [-0.2, 0) is 17.8 Å². The summed E-state index contributed by atoms with van der Waals surface area (Å²) < 4.78 is 13.2. The van der Waals surface area contributed by atoms with Gasteiger partial charge in [0.15, 0.2) is 0 Å². The van der Waals surface area contributed by atoms with Crippen LogP contribution in [0.15, 0.2) is 72.8 Å². The van der Waals surface area contributed by atoms with E-state index in [-0.39, 0.29) is 6.61 Å². The summed E-state index contributed by atoms with van der Waals surface area (Å²) in [7, 11) is 1.70. The molecule has 0 amide bonds. The van der Waals surface area contributed by atoms with Crippen LogP contribution in [0, 0.1) is 0 Å². The van der Waals surface area contributed by atoms with Crippen LogP contribution in [0.1, 0.15) is 12.0 Å². The molecular weight excluding hydrogens is 428 g/mol. The first-order valence-electron chi connectivity index (χ1n) is 11.9. The van der Waals surface area contributed by atoms with Crippen molar-refractivity contribution in [3.05, 3.63) is 78.4 Å². The van der Waals surface area contributed by atoms with E-state index in [1.165, 1.54) is 10.8 Å². The van der Waals surface area contributed by atoms with Crippen LogP contribution in [0.5, 0.6) is 5.75 Å². The molecule has 2 N–H and O–H groups in total. The highest BCUT2D eigenvalue weighted by Crippen LogP contribution is 2.29. The molecule has 0 fully saturated rings. The highest BCUT2D eigenvalue weighted by molar-refractivity contribution is 6.07. The van der Waals surface area contributed by atoms with E-state index in [1.807, 2.05) is 36.4 Å². The number of nitrogens with zero attached hydrogens (tertiary/aromatic N) is 2. The second-order valence-electron chi connectivity index (χ2n) is 8.60. The molecule has 0 saturated carbocycles. The molecule has 0 bridgehead atoms. The first-order chi connectivity index (χ1) is 16.7. The largest absolute Gasteiger partial charge is 0.494 e. The molecule has 0 aliphatic rings. The lowest BCUT2D eigenvalue weighted by atomic mass is 10.2. The van der Waals surface area contributed by atoms with Crippen molar-refractivity contribution in [2.45, 2.75) is 25.6 Å². The van der Waals surface area contributed by atoms with Gasteiger partial charge in [0.25, 0.3) is 0 Å². The van der Waals surface area contributed by atoms with Crippen LogP contribution in [0.3, 0.4) is 0 Å². The molecule has 1 aromatic heterocycles. The number of ether oxygens (including phenoxy) is 2. The molecular formula is C28H34N2O4. The van der Waals surface area contributed by atoms with Gasteiger partial charge in [0, 0.05) is 61.6 Å². The van der Waals surface area contributed by atoms with Gasteiger partial charge in [-0.15, -0.1) is 0 Å². The average molecular weight is 463 g/mol. The highest BCUT2D eigenvalue weighted by Gasteiger charge is 2.16. The lowest BCUT2D eigenvalue weighted by molar-refractivity contribution is 0.0768. The molecule has 1 heterocycles. The summed E-state index contributed by atoms with van der Waals surface area (Å²) >= 11 is 0. The quantitative estimate of drug-likeness (QED) is 0.293. The first kappa shape index (κ1) is 24.2. The van der Waals surface area contributed by atoms with Gasteiger partial charge in [-0.3, -0.25) is 4.90 Å². The molecule has 6 nitrogen and oxygen atoms in total. The van der Waals surface area contributed by atoms with Crippen molar-refractivity contribution in [1.82, 2.24) is 9.47 Å². The Hall–Kier alpha value is -2.90. The van der Waals surface area contributed by atoms with Crippen LogP contribution < -0.4 is 4.74 Å². The van der Waals surface area contributed by atoms with E-state index in [2.05, 4.69) is 45.9 Å². The summed E-state index contributed by atoms with van der Waals surface area (Å²) in [4.78, 5) is 2.23. The predicted octanol–water partition coefficient (Wildman–Crippen LogP) is 4.07. The lowest BCUT2D eigenvalue weighted by Gasteiger charge is -2.25. The van der Waals surface area contributed by atoms with E-state index in [1.54, 1.807) is 7.11 Å². The lowest BCUT2D eigenvalue weighted by Crippen LogP contribution is -2.36. The monoisotopic (exact) mass is 462 g/mol. The molecule has 0 aliphatic heterocycles. The van der Waals surface area contributed by atoms with E-state index in [0.29, 0.717) is 39.3 Å². The topological polar surface area (TPSA) is 67.1 Å². The number of benzene rings is 3. The van der Waals surface area contributed by atoms with Crippen LogP contribution in [-0.4, -0.2) is 65.8 Å². The van der Waals surface area contributed by atoms with Gasteiger partial charge < -0.3 is 24.3 Å². The zero-order chi connectivity index (χ0) is 23.8. The second-order valence-corrected chi connectivity index (χ2v) is 8.60. The Morgan fingerprint density at radius 1 is 0.882 bits per heavy atom. The molecule has 0 spiro atoms. The number of aliphatic hydroxyl groups excluding tert-OH is 2. The van der Waals surface area contributed by atoms with Gasteiger partial charge in [0.05, 0.1) is 25.9 Å². The van der Waals surface area contributed by atoms with Gasteiger partial charge in [-0.25, -0.2) is 0 Å². The number of rotatable bonds is 13. The van der Waals surface area contributed by atoms with Crippen molar-refractivity contribution >= 4 is 21.8 Å². The average Bonchev–Trinajstić information content (AvgIpc) is 3.17. The Bertz CT molecular complexity index is 1120. The Morgan fingerprint density at radius 2 is 1.53 bits per heavy atom. The summed E-state index contributed by atoms with van der Waals surface area (Å²) in [6, 6.07) is 24.7. The first-order valence-corrected chi connectivity index (χ1v) is 11.9. The standard InChI is InChI=1S/C28H34N2O4/c1-33-18-15-29(19-22-11-13-24(14-12-22)34-17-6-16-31)20-23(32)21-30-27-9-4-2-7-25(27)26-8-3-5-10-28(26)30/h2-5,7-14,23,31-32H,6,15-21H2,1H3/t23-/m0/s1. The fourth-order valence-corrected chi connectivity index (χ4v) is 4.43. The Morgan fingerprint density at radius 3 is 2.15 bits per heavy atom. The van der Waals surface area contributed by atoms with E-state index < -0.39 is 6.10 Å². The van der Waals surface area contributed by atoms with Gasteiger partial charge in [-0.05, 0) is 29.8 Å². The normalized spacial score (nSPS) is 12.6. The minimum Gasteiger partial charge on any atom is -0.494 e. The third-order valence-corrected chi connectivity index (χ3v) is 6.05. The fraction of sp³-hybridized carbons (Fsp3) is 0.357. The zero-order valence-electron chi connectivity index (χ0n) is 19.8. The molecule has 0 radical (unpaired) electrons. The zero-order valence-corrected chi connectivity index (χ0v) is 19.8. The van der Waals surface area contributed by atoms with Crippen molar-refractivity contribution in [1.29, 1.82) is 0 Å². The Balaban J connectivity index is 1.45. The number of para-hydroxylation sites is 2. The van der Waals surface area contributed by atoms with E-state index in [9.17, 15) is 5.11 Å². The maximum atomic E-state index is 11.1. The number of hydrogen-bond acceptors (Lipinski definition) is 5. The summed E-state index contributed by atoms with van der Waals surface area (Å²) in [5, 5.41) is 22.4. The van der Waals surface area contributed by atoms with Crippen molar-refractivity contribution in [2.75, 3.05) is 40.0 Å². The summed E-state index contributed by atoms with van der Waals surface area (Å²) in [6.45, 7) is 3.74. The van der Waals surface area contributed by atoms with Gasteiger partial charge in [0.2, 0.25) is 0 Å². The molecule has 3 aromatic carbocycles. The predicted molar refractivity (Wildman–Crippen MR) is 136 cm³/mol. The maximum absolute atomic E-state index is 11.1. The van der Waals surface area contributed by atoms with Crippen LogP contribution in [0.25, 0.3) is 21.8 Å². The minimum atomic E-state index is -0.530. The number of methoxy groups -OCH3 is 1. The third kappa shape index (κ3) is 5.96. The number of aromatic nitrogens is 1. The minimum absolute atomic E-state index is 0.128. The van der Waals surface area contributed by atoms with Gasteiger partial charge in [0.1, 0.15) is 5.75 Å². The van der Waals surface area contributed by atoms with Crippen molar-refractivity contribution < 1.29 is 19.7 Å². The summed E-state index contributed by atoms with van der Waals surface area (Å²) in [5.41, 5.74) is 3.43. The van der Waals surface area contributed by atoms with E-state index in [4.69, 9.17) is 14.6 Å². The van der Waals surface area contributed by atoms with Gasteiger partial charge in [-0.2, -0.15) is 0 Å². The number of fused-ring (bicyclic) bond motifs is 3. The van der Waals surface area contributed by atoms with Crippen molar-refractivity contribution in [3.8, 4) is 5.75 Å². The van der Waals surface area contributed by atoms with E-state index >= 15 is 0 Å². The third-order valence-electron chi connectivity index (χ3n) is 6.05. The molecule has 6 heteroatoms. The molecule has 0 aliphatic carbocycles. The van der Waals surface area contributed by atoms with E-state index in [0.717, 1.165) is 28.9 Å². The smallest absolute Gasteiger partial charge is 0.119 e. The molecule has 180 valence electrons. The van der Waals surface area contributed by atoms with Crippen molar-refractivity contribution in [3.63, 3.8) is 0 Å². The summed E-state index contributed by atoms with van der Waals surface area (Å²) in [6.07, 6.45) is 0.0910. The molecule has 34 heavy (non-hydrogen) atoms. The number of hydrogen-bond donors (Lipinski definition) is 2. The molecule has 4 aromatic rings. The fourth-order valence-electron chi connectivity index (χ4n) is 4.43. The SMILES string of the molecule is COCCN(Cc1ccc(OCCCO)cc1)C[C@H](O)Cn1c2ccccc2c2ccccc21. The molecule has 1 atom stereocenters. The summed E-state index contributed by atoms with van der Waals surface area (Å²) in [5.74, 6) is 0.798. The molecule has 0 unspecified atom stereocenters. The maximum Gasteiger partial charge on any atom is 0.119 e. The number of aliphatic hydroxyl groups is 2. The highest BCUT2D eigenvalue weighted by atomic mass is 16.5. The van der Waals surface area contributed by atoms with Crippen molar-refractivity contribution in [2.24, 2.45) is 0 Å². The van der Waals surface area contributed by atoms with Crippen LogP contribution >= 0.6 is 0 Å². The van der Waals surface area contributed by atoms with Crippen LogP contribution in [0.4, 0.5) is 0 Å². The Kier molecular flexibility index (Phi) is 8.55.